The lowest BCUT2D eigenvalue weighted by atomic mass is 9.86. The molecule has 0 radical (unpaired) electrons. The van der Waals surface area contributed by atoms with Crippen molar-refractivity contribution in [3.63, 3.8) is 0 Å². The van der Waals surface area contributed by atoms with Crippen LogP contribution in [0.2, 0.25) is 0 Å². The number of fused-ring (bicyclic) bond motifs is 2. The van der Waals surface area contributed by atoms with E-state index in [9.17, 15) is 4.89 Å². The Bertz CT molecular complexity index is 554. The van der Waals surface area contributed by atoms with Gasteiger partial charge in [0.1, 0.15) is 11.9 Å². The molecule has 112 valence electrons. The Balaban J connectivity index is 2.08. The Kier molecular flexibility index (Phi) is 4.74. The summed E-state index contributed by atoms with van der Waals surface area (Å²) in [6, 6.07) is 0. The second-order valence-electron chi connectivity index (χ2n) is 5.41. The Labute approximate surface area is 127 Å². The minimum atomic E-state index is -1.88. The first-order chi connectivity index (χ1) is 10.3. The fourth-order valence-corrected chi connectivity index (χ4v) is 3.69. The van der Waals surface area contributed by atoms with E-state index >= 15 is 0 Å². The van der Waals surface area contributed by atoms with Gasteiger partial charge in [0.2, 0.25) is 0 Å². The van der Waals surface area contributed by atoms with Crippen molar-refractivity contribution in [2.75, 3.05) is 0 Å². The lowest BCUT2D eigenvalue weighted by Crippen LogP contribution is -2.18. The molecule has 0 aromatic rings. The fraction of sp³-hybridized carbons (Fsp3) is 0.412. The van der Waals surface area contributed by atoms with Gasteiger partial charge in [0.25, 0.3) is 0 Å². The second-order valence-corrected chi connectivity index (χ2v) is 6.28. The molecule has 0 aromatic heterocycles. The molecule has 1 N–H and O–H groups in total. The third-order valence-corrected chi connectivity index (χ3v) is 4.73. The van der Waals surface area contributed by atoms with Crippen LogP contribution < -0.4 is 0 Å². The standard InChI is InChI=1S/C17H21O3P/c1-2-3-11-16-14-9-5-4-8-13(14)15-10-6-7-12-17(15)20-21(18)19-16/h5-7,9-10,12,17-18H,2-4,8,11H2,1H3/b15-13-,16-14?. The van der Waals surface area contributed by atoms with E-state index < -0.39 is 8.60 Å². The topological polar surface area (TPSA) is 38.7 Å². The van der Waals surface area contributed by atoms with Crippen LogP contribution in [-0.2, 0) is 9.05 Å². The summed E-state index contributed by atoms with van der Waals surface area (Å²) in [7, 11) is -1.88. The monoisotopic (exact) mass is 304 g/mol. The van der Waals surface area contributed by atoms with Gasteiger partial charge in [-0.2, -0.15) is 0 Å². The van der Waals surface area contributed by atoms with E-state index in [0.29, 0.717) is 0 Å². The normalized spacial score (nSPS) is 31.3. The van der Waals surface area contributed by atoms with Crippen molar-refractivity contribution in [3.8, 4) is 0 Å². The smallest absolute Gasteiger partial charge is 0.395 e. The zero-order valence-corrected chi connectivity index (χ0v) is 13.2. The summed E-state index contributed by atoms with van der Waals surface area (Å²) in [5, 5.41) is 0. The first kappa shape index (κ1) is 14.8. The summed E-state index contributed by atoms with van der Waals surface area (Å²) >= 11 is 0. The summed E-state index contributed by atoms with van der Waals surface area (Å²) in [6.45, 7) is 2.16. The van der Waals surface area contributed by atoms with Crippen LogP contribution in [0.4, 0.5) is 0 Å². The molecule has 21 heavy (non-hydrogen) atoms. The highest BCUT2D eigenvalue weighted by atomic mass is 31.2. The second kappa shape index (κ2) is 6.74. The Morgan fingerprint density at radius 2 is 2.24 bits per heavy atom. The van der Waals surface area contributed by atoms with E-state index in [1.807, 2.05) is 18.2 Å². The number of allylic oxidation sites excluding steroid dienone is 7. The van der Waals surface area contributed by atoms with Crippen molar-refractivity contribution < 1.29 is 13.9 Å². The minimum absolute atomic E-state index is 0.199. The highest BCUT2D eigenvalue weighted by Gasteiger charge is 2.29. The van der Waals surface area contributed by atoms with Crippen molar-refractivity contribution >= 4 is 8.60 Å². The maximum Gasteiger partial charge on any atom is 0.395 e. The van der Waals surface area contributed by atoms with Gasteiger partial charge >= 0.3 is 8.60 Å². The molecule has 2 atom stereocenters. The van der Waals surface area contributed by atoms with E-state index in [1.165, 1.54) is 5.57 Å². The molecule has 0 bridgehead atoms. The van der Waals surface area contributed by atoms with Gasteiger partial charge in [-0.15, -0.1) is 0 Å². The molecular weight excluding hydrogens is 283 g/mol. The van der Waals surface area contributed by atoms with Crippen LogP contribution in [0.1, 0.15) is 39.0 Å². The molecule has 4 heteroatoms. The Morgan fingerprint density at radius 1 is 1.33 bits per heavy atom. The van der Waals surface area contributed by atoms with Crippen LogP contribution in [0, 0.1) is 0 Å². The van der Waals surface area contributed by atoms with Crippen molar-refractivity contribution in [2.24, 2.45) is 0 Å². The van der Waals surface area contributed by atoms with E-state index in [4.69, 9.17) is 9.05 Å². The van der Waals surface area contributed by atoms with E-state index in [0.717, 1.165) is 49.0 Å². The van der Waals surface area contributed by atoms with Gasteiger partial charge in [-0.25, -0.2) is 0 Å². The van der Waals surface area contributed by atoms with Gasteiger partial charge in [0.15, 0.2) is 0 Å². The SMILES string of the molecule is CCCCC1=C2C=CCC/C2=C2\C=CC=CC2OP(O)O1. The number of hydrogen-bond donors (Lipinski definition) is 1. The van der Waals surface area contributed by atoms with Crippen LogP contribution in [0.5, 0.6) is 0 Å². The predicted octanol–water partition coefficient (Wildman–Crippen LogP) is 4.84. The molecular formula is C17H21O3P. The third kappa shape index (κ3) is 3.21. The van der Waals surface area contributed by atoms with E-state index in [-0.39, 0.29) is 6.10 Å². The summed E-state index contributed by atoms with van der Waals surface area (Å²) in [5.41, 5.74) is 3.62. The first-order valence-electron chi connectivity index (χ1n) is 7.61. The van der Waals surface area contributed by atoms with Crippen LogP contribution in [-0.4, -0.2) is 11.0 Å². The van der Waals surface area contributed by atoms with E-state index in [1.54, 1.807) is 0 Å². The van der Waals surface area contributed by atoms with Crippen molar-refractivity contribution in [1.82, 2.24) is 0 Å². The molecule has 3 nitrogen and oxygen atoms in total. The fourth-order valence-electron chi connectivity index (χ4n) is 2.89. The zero-order valence-electron chi connectivity index (χ0n) is 12.3. The third-order valence-electron chi connectivity index (χ3n) is 3.95. The lowest BCUT2D eigenvalue weighted by Gasteiger charge is -2.30. The van der Waals surface area contributed by atoms with Crippen molar-refractivity contribution in [2.45, 2.75) is 45.1 Å². The average Bonchev–Trinajstić information content (AvgIpc) is 2.50. The molecule has 3 rings (SSSR count). The molecule has 1 aliphatic heterocycles. The highest BCUT2D eigenvalue weighted by Crippen LogP contribution is 2.47. The Morgan fingerprint density at radius 3 is 3.10 bits per heavy atom. The van der Waals surface area contributed by atoms with E-state index in [2.05, 4.69) is 25.2 Å². The molecule has 2 aliphatic carbocycles. The van der Waals surface area contributed by atoms with Gasteiger partial charge in [-0.05, 0) is 30.4 Å². The molecule has 0 amide bonds. The minimum Gasteiger partial charge on any atom is -0.431 e. The molecule has 0 saturated carbocycles. The van der Waals surface area contributed by atoms with Gasteiger partial charge in [-0.3, -0.25) is 4.52 Å². The lowest BCUT2D eigenvalue weighted by molar-refractivity contribution is 0.207. The van der Waals surface area contributed by atoms with Crippen LogP contribution in [0.3, 0.4) is 0 Å². The predicted molar refractivity (Wildman–Crippen MR) is 85.3 cm³/mol. The number of rotatable bonds is 3. The zero-order chi connectivity index (χ0) is 14.7. The Hall–Kier alpha value is -1.15. The average molecular weight is 304 g/mol. The molecule has 0 fully saturated rings. The molecule has 1 heterocycles. The summed E-state index contributed by atoms with van der Waals surface area (Å²) in [4.78, 5) is 10.1. The maximum atomic E-state index is 10.1. The molecule has 2 unspecified atom stereocenters. The molecule has 0 aromatic carbocycles. The molecule has 3 aliphatic rings. The summed E-state index contributed by atoms with van der Waals surface area (Å²) < 4.78 is 11.4. The quantitative estimate of drug-likeness (QED) is 0.758. The number of hydrogen-bond acceptors (Lipinski definition) is 3. The largest absolute Gasteiger partial charge is 0.431 e. The van der Waals surface area contributed by atoms with Gasteiger partial charge in [0.05, 0.1) is 0 Å². The molecule has 0 spiro atoms. The van der Waals surface area contributed by atoms with Gasteiger partial charge in [0, 0.05) is 12.0 Å². The van der Waals surface area contributed by atoms with Gasteiger partial charge < -0.3 is 9.42 Å². The molecule has 0 saturated heterocycles. The highest BCUT2D eigenvalue weighted by molar-refractivity contribution is 7.40. The number of unbranched alkanes of at least 4 members (excludes halogenated alkanes) is 1. The summed E-state index contributed by atoms with van der Waals surface area (Å²) in [5.74, 6) is 0.880. The van der Waals surface area contributed by atoms with Crippen LogP contribution in [0.25, 0.3) is 0 Å². The van der Waals surface area contributed by atoms with Crippen LogP contribution in [0.15, 0.2) is 58.9 Å². The van der Waals surface area contributed by atoms with Gasteiger partial charge in [-0.1, -0.05) is 49.8 Å². The van der Waals surface area contributed by atoms with Crippen molar-refractivity contribution in [3.05, 3.63) is 58.9 Å². The first-order valence-corrected chi connectivity index (χ1v) is 8.74. The van der Waals surface area contributed by atoms with Crippen LogP contribution >= 0.6 is 8.60 Å². The maximum absolute atomic E-state index is 10.1. The summed E-state index contributed by atoms with van der Waals surface area (Å²) in [6.07, 6.45) is 17.3. The van der Waals surface area contributed by atoms with Crippen molar-refractivity contribution in [1.29, 1.82) is 0 Å².